The summed E-state index contributed by atoms with van der Waals surface area (Å²) in [7, 11) is 1.46. The SMILES string of the molecule is COc1cc(-c2c(-n3cnnn3)ccc(Cl)c2F)ncn1.O=c1cc(-c2c(-n3cnnn3)ccc(Cl)c2F)nc[nH]1. The van der Waals surface area contributed by atoms with Crippen LogP contribution in [0.5, 0.6) is 5.88 Å². The second-order valence-electron chi connectivity index (χ2n) is 7.76. The van der Waals surface area contributed by atoms with Crippen molar-refractivity contribution in [2.24, 2.45) is 0 Å². The van der Waals surface area contributed by atoms with E-state index in [1.165, 1.54) is 66.0 Å². The van der Waals surface area contributed by atoms with Gasteiger partial charge in [-0.15, -0.1) is 10.2 Å². The molecule has 0 bridgehead atoms. The Morgan fingerprint density at radius 3 is 1.85 bits per heavy atom. The smallest absolute Gasteiger partial charge is 0.251 e. The molecule has 6 rings (SSSR count). The lowest BCUT2D eigenvalue weighted by molar-refractivity contribution is 0.397. The van der Waals surface area contributed by atoms with E-state index in [-0.39, 0.29) is 26.9 Å². The van der Waals surface area contributed by atoms with Crippen LogP contribution in [0.1, 0.15) is 0 Å². The maximum absolute atomic E-state index is 14.5. The van der Waals surface area contributed by atoms with Crippen molar-refractivity contribution in [1.82, 2.24) is 60.4 Å². The second kappa shape index (κ2) is 11.9. The molecule has 6 aromatic rings. The van der Waals surface area contributed by atoms with Crippen LogP contribution in [0.15, 0.2) is 66.5 Å². The monoisotopic (exact) mass is 598 g/mol. The molecule has 4 aromatic heterocycles. The highest BCUT2D eigenvalue weighted by molar-refractivity contribution is 6.31. The zero-order chi connectivity index (χ0) is 28.9. The molecule has 0 unspecified atom stereocenters. The number of halogens is 4. The van der Waals surface area contributed by atoms with Crippen LogP contribution in [-0.2, 0) is 0 Å². The van der Waals surface area contributed by atoms with Gasteiger partial charge in [-0.2, -0.15) is 9.36 Å². The van der Waals surface area contributed by atoms with E-state index in [9.17, 15) is 13.6 Å². The normalized spacial score (nSPS) is 10.7. The fourth-order valence-electron chi connectivity index (χ4n) is 3.59. The van der Waals surface area contributed by atoms with Gasteiger partial charge in [-0.05, 0) is 45.1 Å². The molecule has 0 radical (unpaired) electrons. The molecule has 0 spiro atoms. The number of aromatic amines is 1. The van der Waals surface area contributed by atoms with E-state index >= 15 is 0 Å². The molecule has 1 N–H and O–H groups in total. The van der Waals surface area contributed by atoms with Crippen LogP contribution >= 0.6 is 23.2 Å². The minimum atomic E-state index is -0.697. The Balaban J connectivity index is 0.000000165. The number of H-pyrrole nitrogens is 1. The van der Waals surface area contributed by atoms with E-state index < -0.39 is 17.2 Å². The molecule has 0 atom stereocenters. The van der Waals surface area contributed by atoms with Crippen LogP contribution in [0.2, 0.25) is 10.0 Å². The summed E-state index contributed by atoms with van der Waals surface area (Å²) in [5, 5.41) is 21.4. The summed E-state index contributed by atoms with van der Waals surface area (Å²) in [4.78, 5) is 25.6. The largest absolute Gasteiger partial charge is 0.481 e. The second-order valence-corrected chi connectivity index (χ2v) is 8.58. The number of benzene rings is 2. The summed E-state index contributed by atoms with van der Waals surface area (Å²) in [5.74, 6) is -1.01. The van der Waals surface area contributed by atoms with Gasteiger partial charge in [0.05, 0.1) is 57.4 Å². The number of tetrazole rings is 2. The van der Waals surface area contributed by atoms with Crippen LogP contribution in [-0.4, -0.2) is 67.5 Å². The average molecular weight is 599 g/mol. The predicted octanol–water partition coefficient (Wildman–Crippen LogP) is 3.13. The predicted molar refractivity (Wildman–Crippen MR) is 140 cm³/mol. The van der Waals surface area contributed by atoms with E-state index in [1.54, 1.807) is 12.1 Å². The van der Waals surface area contributed by atoms with Gasteiger partial charge in [0.25, 0.3) is 5.56 Å². The van der Waals surface area contributed by atoms with E-state index in [0.29, 0.717) is 22.9 Å². The van der Waals surface area contributed by atoms with Gasteiger partial charge in [-0.25, -0.2) is 23.7 Å². The summed E-state index contributed by atoms with van der Waals surface area (Å²) >= 11 is 11.6. The van der Waals surface area contributed by atoms with Crippen LogP contribution in [0.3, 0.4) is 0 Å². The summed E-state index contributed by atoms with van der Waals surface area (Å²) in [6, 6.07) is 8.62. The number of ether oxygens (including phenoxy) is 1. The maximum Gasteiger partial charge on any atom is 0.251 e. The lowest BCUT2D eigenvalue weighted by atomic mass is 10.1. The Morgan fingerprint density at radius 2 is 1.37 bits per heavy atom. The van der Waals surface area contributed by atoms with Gasteiger partial charge in [-0.3, -0.25) is 4.79 Å². The first-order valence-electron chi connectivity index (χ1n) is 11.2. The highest BCUT2D eigenvalue weighted by Crippen LogP contribution is 2.33. The van der Waals surface area contributed by atoms with Crippen molar-refractivity contribution in [3.63, 3.8) is 0 Å². The number of aromatic nitrogens is 12. The molecule has 206 valence electrons. The Hall–Kier alpha value is -5.22. The van der Waals surface area contributed by atoms with Crippen molar-refractivity contribution in [3.8, 4) is 39.8 Å². The van der Waals surface area contributed by atoms with Gasteiger partial charge in [0, 0.05) is 12.1 Å². The molecule has 4 heterocycles. The molecule has 41 heavy (non-hydrogen) atoms. The van der Waals surface area contributed by atoms with E-state index in [0.717, 1.165) is 0 Å². The Bertz CT molecular complexity index is 1870. The summed E-state index contributed by atoms with van der Waals surface area (Å²) in [6.45, 7) is 0. The first kappa shape index (κ1) is 27.4. The molecule has 0 amide bonds. The number of nitrogens with one attached hydrogen (secondary N) is 1. The Morgan fingerprint density at radius 1 is 0.805 bits per heavy atom. The third-order valence-electron chi connectivity index (χ3n) is 5.38. The van der Waals surface area contributed by atoms with Gasteiger partial charge in [0.2, 0.25) is 5.88 Å². The number of rotatable bonds is 5. The zero-order valence-corrected chi connectivity index (χ0v) is 22.0. The van der Waals surface area contributed by atoms with Gasteiger partial charge in [0.15, 0.2) is 11.6 Å². The Labute approximate surface area is 237 Å². The highest BCUT2D eigenvalue weighted by Gasteiger charge is 2.19. The van der Waals surface area contributed by atoms with Gasteiger partial charge < -0.3 is 9.72 Å². The summed E-state index contributed by atoms with van der Waals surface area (Å²) in [5.41, 5.74) is 0.993. The van der Waals surface area contributed by atoms with Gasteiger partial charge >= 0.3 is 0 Å². The van der Waals surface area contributed by atoms with Crippen molar-refractivity contribution < 1.29 is 13.5 Å². The molecule has 14 nitrogen and oxygen atoms in total. The maximum atomic E-state index is 14.5. The first-order valence-corrected chi connectivity index (χ1v) is 12.0. The number of nitrogens with zero attached hydrogens (tertiary/aromatic N) is 11. The van der Waals surface area contributed by atoms with E-state index in [2.05, 4.69) is 51.0 Å². The van der Waals surface area contributed by atoms with Crippen LogP contribution < -0.4 is 10.3 Å². The van der Waals surface area contributed by atoms with Crippen LogP contribution in [0, 0.1) is 11.6 Å². The molecule has 0 aliphatic carbocycles. The zero-order valence-electron chi connectivity index (χ0n) is 20.5. The van der Waals surface area contributed by atoms with Crippen molar-refractivity contribution >= 4 is 23.2 Å². The standard InChI is InChI=1S/C12H8ClFN6O.C11H6ClFN6O/c1-21-10-4-8(15-5-16-10)11-9(20-6-17-18-19-20)3-2-7(13)12(11)14;12-6-1-2-8(19-5-16-17-18-19)10(11(6)13)7-3-9(20)15-4-14-7/h2-6H,1H3;1-5H,(H,14,15,20). The molecule has 0 saturated carbocycles. The lowest BCUT2D eigenvalue weighted by Crippen LogP contribution is -2.07. The number of hydrogen-bond donors (Lipinski definition) is 1. The van der Waals surface area contributed by atoms with E-state index in [1.807, 2.05) is 0 Å². The lowest BCUT2D eigenvalue weighted by Gasteiger charge is -2.11. The van der Waals surface area contributed by atoms with Crippen molar-refractivity contribution in [2.75, 3.05) is 7.11 Å². The molecule has 2 aromatic carbocycles. The quantitative estimate of drug-likeness (QED) is 0.309. The van der Waals surface area contributed by atoms with E-state index in [4.69, 9.17) is 27.9 Å². The summed E-state index contributed by atoms with van der Waals surface area (Å²) < 4.78 is 36.4. The van der Waals surface area contributed by atoms with Gasteiger partial charge in [-0.1, -0.05) is 23.2 Å². The highest BCUT2D eigenvalue weighted by atomic mass is 35.5. The topological polar surface area (TPSA) is 168 Å². The molecule has 0 aliphatic rings. The molecule has 0 aliphatic heterocycles. The summed E-state index contributed by atoms with van der Waals surface area (Å²) in [6.07, 6.45) is 5.11. The van der Waals surface area contributed by atoms with Crippen LogP contribution in [0.4, 0.5) is 8.78 Å². The molecule has 18 heteroatoms. The van der Waals surface area contributed by atoms with Crippen molar-refractivity contribution in [1.29, 1.82) is 0 Å². The third-order valence-corrected chi connectivity index (χ3v) is 5.96. The first-order chi connectivity index (χ1) is 19.9. The average Bonchev–Trinajstić information content (AvgIpc) is 3.71. The third kappa shape index (κ3) is 5.73. The molecule has 0 saturated heterocycles. The molecular formula is C23H14Cl2F2N12O2. The Kier molecular flexibility index (Phi) is 7.93. The van der Waals surface area contributed by atoms with Crippen molar-refractivity contribution in [2.45, 2.75) is 0 Å². The van der Waals surface area contributed by atoms with Gasteiger partial charge in [0.1, 0.15) is 19.0 Å². The fourth-order valence-corrected chi connectivity index (χ4v) is 3.90. The molecular weight excluding hydrogens is 585 g/mol. The minimum Gasteiger partial charge on any atom is -0.481 e. The minimum absolute atomic E-state index is 0.0283. The van der Waals surface area contributed by atoms with Crippen LogP contribution in [0.25, 0.3) is 33.9 Å². The fraction of sp³-hybridized carbons (Fsp3) is 0.0435. The molecule has 0 fully saturated rings. The number of hydrogen-bond acceptors (Lipinski definition) is 11. The van der Waals surface area contributed by atoms with Crippen molar-refractivity contribution in [3.05, 3.63) is 93.7 Å². The number of methoxy groups -OCH3 is 1.